The molecule has 0 bridgehead atoms. The van der Waals surface area contributed by atoms with Gasteiger partial charge in [0.05, 0.1) is 6.61 Å². The second-order valence-corrected chi connectivity index (χ2v) is 4.49. The quantitative estimate of drug-likeness (QED) is 0.628. The van der Waals surface area contributed by atoms with Gasteiger partial charge in [-0.3, -0.25) is 9.89 Å². The van der Waals surface area contributed by atoms with Crippen LogP contribution in [-0.4, -0.2) is 27.3 Å². The van der Waals surface area contributed by atoms with Gasteiger partial charge in [-0.15, -0.1) is 0 Å². The molecule has 0 atom stereocenters. The zero-order valence-electron chi connectivity index (χ0n) is 10.5. The fourth-order valence-electron chi connectivity index (χ4n) is 1.60. The van der Waals surface area contributed by atoms with Gasteiger partial charge >= 0.3 is 5.97 Å². The highest BCUT2D eigenvalue weighted by Crippen LogP contribution is 2.12. The molecule has 1 aromatic heterocycles. The molecule has 17 heavy (non-hydrogen) atoms. The summed E-state index contributed by atoms with van der Waals surface area (Å²) in [6, 6.07) is 0. The van der Waals surface area contributed by atoms with Crippen LogP contribution in [0.15, 0.2) is 0 Å². The number of carbonyl (C=O) groups excluding carboxylic acids is 1. The van der Waals surface area contributed by atoms with Crippen LogP contribution in [0.1, 0.15) is 45.4 Å². The molecule has 1 rings (SSSR count). The average molecular weight is 257 g/mol. The van der Waals surface area contributed by atoms with E-state index >= 15 is 0 Å². The lowest BCUT2D eigenvalue weighted by molar-refractivity contribution is -0.143. The summed E-state index contributed by atoms with van der Waals surface area (Å²) in [5.41, 5.74) is 0. The van der Waals surface area contributed by atoms with E-state index in [0.717, 1.165) is 5.82 Å². The van der Waals surface area contributed by atoms with Crippen LogP contribution < -0.4 is 0 Å². The van der Waals surface area contributed by atoms with Gasteiger partial charge in [0.1, 0.15) is 5.82 Å². The number of ether oxygens (including phenoxy) is 1. The molecule has 0 aliphatic heterocycles. The Balaban J connectivity index is 2.54. The van der Waals surface area contributed by atoms with Crippen LogP contribution in [0.25, 0.3) is 0 Å². The van der Waals surface area contributed by atoms with Crippen molar-refractivity contribution in [1.29, 1.82) is 0 Å². The summed E-state index contributed by atoms with van der Waals surface area (Å²) in [7, 11) is 0. The summed E-state index contributed by atoms with van der Waals surface area (Å²) >= 11 is 5.15. The Morgan fingerprint density at radius 2 is 2.29 bits per heavy atom. The molecule has 0 aromatic carbocycles. The number of rotatable bonds is 6. The number of nitrogens with zero attached hydrogens (tertiary/aromatic N) is 2. The van der Waals surface area contributed by atoms with E-state index in [1.54, 1.807) is 6.92 Å². The number of hydrogen-bond acceptors (Lipinski definition) is 4. The van der Waals surface area contributed by atoms with Crippen LogP contribution in [0.4, 0.5) is 0 Å². The number of nitrogens with one attached hydrogen (secondary N) is 1. The minimum Gasteiger partial charge on any atom is -0.466 e. The maximum atomic E-state index is 11.2. The number of aromatic amines is 1. The van der Waals surface area contributed by atoms with E-state index < -0.39 is 0 Å². The average Bonchev–Trinajstić information content (AvgIpc) is 2.61. The molecule has 0 aliphatic carbocycles. The zero-order valence-corrected chi connectivity index (χ0v) is 11.3. The Morgan fingerprint density at radius 3 is 2.88 bits per heavy atom. The first-order valence-electron chi connectivity index (χ1n) is 5.87. The number of hydrogen-bond donors (Lipinski definition) is 1. The van der Waals surface area contributed by atoms with Gasteiger partial charge in [-0.05, 0) is 25.6 Å². The van der Waals surface area contributed by atoms with Crippen molar-refractivity contribution in [3.8, 4) is 0 Å². The molecule has 0 amide bonds. The van der Waals surface area contributed by atoms with Gasteiger partial charge in [-0.25, -0.2) is 0 Å². The largest absolute Gasteiger partial charge is 0.466 e. The van der Waals surface area contributed by atoms with E-state index in [9.17, 15) is 4.79 Å². The fourth-order valence-corrected chi connectivity index (χ4v) is 1.83. The molecule has 1 heterocycles. The zero-order chi connectivity index (χ0) is 12.8. The second-order valence-electron chi connectivity index (χ2n) is 4.10. The molecule has 1 aromatic rings. The first-order chi connectivity index (χ1) is 8.06. The highest BCUT2D eigenvalue weighted by Gasteiger charge is 2.10. The summed E-state index contributed by atoms with van der Waals surface area (Å²) < 4.78 is 7.42. The van der Waals surface area contributed by atoms with Crippen molar-refractivity contribution in [3.63, 3.8) is 0 Å². The van der Waals surface area contributed by atoms with Crippen LogP contribution in [0.2, 0.25) is 0 Å². The molecule has 96 valence electrons. The van der Waals surface area contributed by atoms with E-state index in [2.05, 4.69) is 24.0 Å². The van der Waals surface area contributed by atoms with E-state index in [-0.39, 0.29) is 5.97 Å². The number of aromatic nitrogens is 3. The molecule has 5 nitrogen and oxygen atoms in total. The summed E-state index contributed by atoms with van der Waals surface area (Å²) in [6.45, 7) is 7.06. The summed E-state index contributed by atoms with van der Waals surface area (Å²) in [4.78, 5) is 11.2. The molecule has 1 N–H and O–H groups in total. The first-order valence-corrected chi connectivity index (χ1v) is 6.27. The standard InChI is InChI=1S/C11H19N3O2S/c1-4-16-9(15)6-5-7-14-10(8(2)3)12-13-11(14)17/h8H,4-7H2,1-3H3,(H,13,17). The van der Waals surface area contributed by atoms with Gasteiger partial charge in [-0.1, -0.05) is 13.8 Å². The minimum atomic E-state index is -0.159. The Kier molecular flexibility index (Phi) is 5.34. The lowest BCUT2D eigenvalue weighted by Crippen LogP contribution is -2.09. The molecule has 6 heteroatoms. The lowest BCUT2D eigenvalue weighted by Gasteiger charge is -2.08. The molecule has 0 spiro atoms. The number of esters is 1. The smallest absolute Gasteiger partial charge is 0.305 e. The molecule has 0 radical (unpaired) electrons. The van der Waals surface area contributed by atoms with E-state index in [0.29, 0.717) is 36.7 Å². The van der Waals surface area contributed by atoms with Gasteiger partial charge in [0.2, 0.25) is 0 Å². The third kappa shape index (κ3) is 3.96. The maximum Gasteiger partial charge on any atom is 0.305 e. The van der Waals surface area contributed by atoms with Crippen molar-refractivity contribution in [2.75, 3.05) is 6.61 Å². The van der Waals surface area contributed by atoms with E-state index in [1.807, 2.05) is 4.57 Å². The van der Waals surface area contributed by atoms with Gasteiger partial charge < -0.3 is 9.30 Å². The predicted molar refractivity (Wildman–Crippen MR) is 67.4 cm³/mol. The number of H-pyrrole nitrogens is 1. The van der Waals surface area contributed by atoms with Crippen LogP contribution in [0, 0.1) is 4.77 Å². The molecule has 0 aliphatic rings. The first kappa shape index (κ1) is 13.9. The predicted octanol–water partition coefficient (Wildman–Crippen LogP) is 2.41. The number of carbonyl (C=O) groups is 1. The molecule has 0 fully saturated rings. The summed E-state index contributed by atoms with van der Waals surface area (Å²) in [5, 5.41) is 6.96. The van der Waals surface area contributed by atoms with Crippen LogP contribution in [0.3, 0.4) is 0 Å². The van der Waals surface area contributed by atoms with Crippen LogP contribution >= 0.6 is 12.2 Å². The molecule has 0 saturated heterocycles. The highest BCUT2D eigenvalue weighted by molar-refractivity contribution is 7.71. The van der Waals surface area contributed by atoms with Crippen molar-refractivity contribution in [3.05, 3.63) is 10.6 Å². The Bertz CT molecular complexity index is 423. The van der Waals surface area contributed by atoms with Gasteiger partial charge in [0.15, 0.2) is 4.77 Å². The van der Waals surface area contributed by atoms with Crippen molar-refractivity contribution in [2.45, 2.75) is 46.1 Å². The third-order valence-corrected chi connectivity index (χ3v) is 2.68. The topological polar surface area (TPSA) is 59.9 Å². The fraction of sp³-hybridized carbons (Fsp3) is 0.727. The van der Waals surface area contributed by atoms with Crippen molar-refractivity contribution in [1.82, 2.24) is 14.8 Å². The van der Waals surface area contributed by atoms with E-state index in [1.165, 1.54) is 0 Å². The molecular weight excluding hydrogens is 238 g/mol. The van der Waals surface area contributed by atoms with E-state index in [4.69, 9.17) is 17.0 Å². The maximum absolute atomic E-state index is 11.2. The second kappa shape index (κ2) is 6.54. The monoisotopic (exact) mass is 257 g/mol. The molecule has 0 saturated carbocycles. The lowest BCUT2D eigenvalue weighted by atomic mass is 10.2. The third-order valence-electron chi connectivity index (χ3n) is 2.37. The summed E-state index contributed by atoms with van der Waals surface area (Å²) in [6.07, 6.45) is 1.13. The molecule has 0 unspecified atom stereocenters. The highest BCUT2D eigenvalue weighted by atomic mass is 32.1. The Hall–Kier alpha value is -1.17. The van der Waals surface area contributed by atoms with Crippen LogP contribution in [0.5, 0.6) is 0 Å². The Labute approximate surface area is 106 Å². The van der Waals surface area contributed by atoms with Crippen molar-refractivity contribution >= 4 is 18.2 Å². The minimum absolute atomic E-state index is 0.159. The summed E-state index contributed by atoms with van der Waals surface area (Å²) in [5.74, 6) is 1.08. The van der Waals surface area contributed by atoms with Crippen molar-refractivity contribution < 1.29 is 9.53 Å². The van der Waals surface area contributed by atoms with Gasteiger partial charge in [0.25, 0.3) is 0 Å². The SMILES string of the molecule is CCOC(=O)CCCn1c(C(C)C)n[nH]c1=S. The normalized spacial score (nSPS) is 10.8. The van der Waals surface area contributed by atoms with Gasteiger partial charge in [-0.2, -0.15) is 5.10 Å². The van der Waals surface area contributed by atoms with Gasteiger partial charge in [0, 0.05) is 18.9 Å². The molecular formula is C11H19N3O2S. The Morgan fingerprint density at radius 1 is 1.59 bits per heavy atom. The van der Waals surface area contributed by atoms with Crippen molar-refractivity contribution in [2.24, 2.45) is 0 Å². The van der Waals surface area contributed by atoms with Crippen LogP contribution in [-0.2, 0) is 16.1 Å².